The van der Waals surface area contributed by atoms with Crippen molar-refractivity contribution in [3.05, 3.63) is 34.8 Å². The zero-order valence-electron chi connectivity index (χ0n) is 14.7. The molecule has 0 spiro atoms. The van der Waals surface area contributed by atoms with Gasteiger partial charge in [-0.1, -0.05) is 44.2 Å². The molecule has 1 aliphatic rings. The molecule has 1 aromatic carbocycles. The summed E-state index contributed by atoms with van der Waals surface area (Å²) in [5.74, 6) is -0.292. The fourth-order valence-corrected chi connectivity index (χ4v) is 3.52. The van der Waals surface area contributed by atoms with E-state index in [1.165, 1.54) is 16.9 Å². The van der Waals surface area contributed by atoms with Gasteiger partial charge in [0.1, 0.15) is 5.01 Å². The molecule has 2 heterocycles. The van der Waals surface area contributed by atoms with Crippen molar-refractivity contribution in [2.45, 2.75) is 39.5 Å². The first-order valence-electron chi connectivity index (χ1n) is 8.51. The Balaban J connectivity index is 1.65. The number of carbonyl (C=O) groups is 2. The van der Waals surface area contributed by atoms with Gasteiger partial charge in [-0.15, -0.1) is 10.2 Å². The van der Waals surface area contributed by atoms with Crippen LogP contribution in [0.5, 0.6) is 0 Å². The number of benzene rings is 1. The SMILES string of the molecule is CCc1ccc(N2CC(C(=O)Nc3nnc(C(C)C)s3)CC2=O)cc1. The molecule has 1 aliphatic heterocycles. The van der Waals surface area contributed by atoms with Crippen LogP contribution in [0.2, 0.25) is 0 Å². The largest absolute Gasteiger partial charge is 0.312 e. The average molecular weight is 358 g/mol. The van der Waals surface area contributed by atoms with E-state index in [-0.39, 0.29) is 30.1 Å². The first kappa shape index (κ1) is 17.5. The van der Waals surface area contributed by atoms with E-state index in [9.17, 15) is 9.59 Å². The predicted octanol–water partition coefficient (Wildman–Crippen LogP) is 3.22. The molecular formula is C18H22N4O2S. The molecule has 1 aromatic heterocycles. The zero-order valence-corrected chi connectivity index (χ0v) is 15.5. The van der Waals surface area contributed by atoms with Crippen molar-refractivity contribution in [2.24, 2.45) is 5.92 Å². The van der Waals surface area contributed by atoms with E-state index in [1.54, 1.807) is 4.90 Å². The predicted molar refractivity (Wildman–Crippen MR) is 98.9 cm³/mol. The summed E-state index contributed by atoms with van der Waals surface area (Å²) in [7, 11) is 0. The molecule has 3 rings (SSSR count). The second-order valence-electron chi connectivity index (χ2n) is 6.51. The molecule has 2 amide bonds. The number of aromatic nitrogens is 2. The second kappa shape index (κ2) is 7.31. The lowest BCUT2D eigenvalue weighted by molar-refractivity contribution is -0.122. The first-order valence-corrected chi connectivity index (χ1v) is 9.33. The van der Waals surface area contributed by atoms with Crippen LogP contribution in [0, 0.1) is 5.92 Å². The van der Waals surface area contributed by atoms with Crippen molar-refractivity contribution >= 4 is 34.0 Å². The van der Waals surface area contributed by atoms with Crippen LogP contribution >= 0.6 is 11.3 Å². The Morgan fingerprint density at radius 1 is 1.32 bits per heavy atom. The number of rotatable bonds is 5. The van der Waals surface area contributed by atoms with Crippen molar-refractivity contribution in [1.82, 2.24) is 10.2 Å². The van der Waals surface area contributed by atoms with Gasteiger partial charge < -0.3 is 10.2 Å². The van der Waals surface area contributed by atoms with E-state index in [0.29, 0.717) is 11.7 Å². The Bertz CT molecular complexity index is 770. The fraction of sp³-hybridized carbons (Fsp3) is 0.444. The Morgan fingerprint density at radius 2 is 2.04 bits per heavy atom. The summed E-state index contributed by atoms with van der Waals surface area (Å²) < 4.78 is 0. The lowest BCUT2D eigenvalue weighted by Gasteiger charge is -2.17. The van der Waals surface area contributed by atoms with E-state index in [4.69, 9.17) is 0 Å². The standard InChI is InChI=1S/C18H22N4O2S/c1-4-12-5-7-14(8-6-12)22-10-13(9-15(22)23)16(24)19-18-21-20-17(25-18)11(2)3/h5-8,11,13H,4,9-10H2,1-3H3,(H,19,21,24). The number of hydrogen-bond donors (Lipinski definition) is 1. The second-order valence-corrected chi connectivity index (χ2v) is 7.52. The monoisotopic (exact) mass is 358 g/mol. The lowest BCUT2D eigenvalue weighted by Crippen LogP contribution is -2.28. The Labute approximate surface area is 151 Å². The maximum Gasteiger partial charge on any atom is 0.231 e. The zero-order chi connectivity index (χ0) is 18.0. The summed E-state index contributed by atoms with van der Waals surface area (Å²) in [6, 6.07) is 7.92. The van der Waals surface area contributed by atoms with E-state index >= 15 is 0 Å². The van der Waals surface area contributed by atoms with Gasteiger partial charge in [-0.2, -0.15) is 0 Å². The Morgan fingerprint density at radius 3 is 2.64 bits per heavy atom. The van der Waals surface area contributed by atoms with Crippen molar-refractivity contribution in [1.29, 1.82) is 0 Å². The number of amides is 2. The van der Waals surface area contributed by atoms with Gasteiger partial charge in [-0.3, -0.25) is 9.59 Å². The Hall–Kier alpha value is -2.28. The highest BCUT2D eigenvalue weighted by atomic mass is 32.1. The minimum absolute atomic E-state index is 0.0236. The molecule has 25 heavy (non-hydrogen) atoms. The molecule has 132 valence electrons. The molecule has 7 heteroatoms. The third kappa shape index (κ3) is 3.87. The van der Waals surface area contributed by atoms with Gasteiger partial charge in [0.2, 0.25) is 16.9 Å². The number of nitrogens with one attached hydrogen (secondary N) is 1. The minimum atomic E-state index is -0.371. The number of aryl methyl sites for hydroxylation is 1. The van der Waals surface area contributed by atoms with Crippen LogP contribution in [-0.2, 0) is 16.0 Å². The molecule has 6 nitrogen and oxygen atoms in total. The van der Waals surface area contributed by atoms with Gasteiger partial charge in [0.25, 0.3) is 0 Å². The van der Waals surface area contributed by atoms with Crippen LogP contribution in [0.4, 0.5) is 10.8 Å². The molecule has 0 bridgehead atoms. The van der Waals surface area contributed by atoms with E-state index < -0.39 is 0 Å². The summed E-state index contributed by atoms with van der Waals surface area (Å²) in [5.41, 5.74) is 2.07. The molecule has 1 saturated heterocycles. The topological polar surface area (TPSA) is 75.2 Å². The molecule has 0 aliphatic carbocycles. The number of carbonyl (C=O) groups excluding carboxylic acids is 2. The summed E-state index contributed by atoms with van der Waals surface area (Å²) in [5, 5.41) is 12.2. The number of anilines is 2. The van der Waals surface area contributed by atoms with Crippen molar-refractivity contribution < 1.29 is 9.59 Å². The summed E-state index contributed by atoms with van der Waals surface area (Å²) in [6.45, 7) is 6.55. The van der Waals surface area contributed by atoms with E-state index in [1.807, 2.05) is 38.1 Å². The summed E-state index contributed by atoms with van der Waals surface area (Å²) in [6.07, 6.45) is 1.18. The van der Waals surface area contributed by atoms with Crippen molar-refractivity contribution in [2.75, 3.05) is 16.8 Å². The van der Waals surface area contributed by atoms with Crippen LogP contribution < -0.4 is 10.2 Å². The van der Waals surface area contributed by atoms with Gasteiger partial charge >= 0.3 is 0 Å². The Kier molecular flexibility index (Phi) is 5.13. The highest BCUT2D eigenvalue weighted by Crippen LogP contribution is 2.28. The molecule has 1 atom stereocenters. The van der Waals surface area contributed by atoms with E-state index in [2.05, 4.69) is 22.4 Å². The highest BCUT2D eigenvalue weighted by Gasteiger charge is 2.35. The van der Waals surface area contributed by atoms with Gasteiger partial charge in [0.15, 0.2) is 0 Å². The van der Waals surface area contributed by atoms with E-state index in [0.717, 1.165) is 17.1 Å². The number of nitrogens with zero attached hydrogens (tertiary/aromatic N) is 3. The smallest absolute Gasteiger partial charge is 0.231 e. The van der Waals surface area contributed by atoms with Crippen LogP contribution in [0.3, 0.4) is 0 Å². The van der Waals surface area contributed by atoms with Gasteiger partial charge in [-0.05, 0) is 24.1 Å². The molecule has 0 saturated carbocycles. The van der Waals surface area contributed by atoms with Crippen LogP contribution in [-0.4, -0.2) is 28.6 Å². The van der Waals surface area contributed by atoms with Crippen LogP contribution in [0.1, 0.15) is 43.7 Å². The van der Waals surface area contributed by atoms with Crippen molar-refractivity contribution in [3.8, 4) is 0 Å². The molecule has 0 radical (unpaired) electrons. The lowest BCUT2D eigenvalue weighted by atomic mass is 10.1. The normalized spacial score (nSPS) is 17.4. The van der Waals surface area contributed by atoms with Gasteiger partial charge in [-0.25, -0.2) is 0 Å². The molecule has 1 N–H and O–H groups in total. The minimum Gasteiger partial charge on any atom is -0.312 e. The van der Waals surface area contributed by atoms with Gasteiger partial charge in [0.05, 0.1) is 5.92 Å². The summed E-state index contributed by atoms with van der Waals surface area (Å²) >= 11 is 1.38. The first-order chi connectivity index (χ1) is 12.0. The molecular weight excluding hydrogens is 336 g/mol. The maximum absolute atomic E-state index is 12.5. The molecule has 1 fully saturated rings. The quantitative estimate of drug-likeness (QED) is 0.890. The summed E-state index contributed by atoms with van der Waals surface area (Å²) in [4.78, 5) is 26.5. The third-order valence-electron chi connectivity index (χ3n) is 4.32. The highest BCUT2D eigenvalue weighted by molar-refractivity contribution is 7.15. The fourth-order valence-electron chi connectivity index (χ4n) is 2.77. The molecule has 2 aromatic rings. The van der Waals surface area contributed by atoms with Crippen LogP contribution in [0.15, 0.2) is 24.3 Å². The van der Waals surface area contributed by atoms with Crippen molar-refractivity contribution in [3.63, 3.8) is 0 Å². The van der Waals surface area contributed by atoms with Crippen LogP contribution in [0.25, 0.3) is 0 Å². The van der Waals surface area contributed by atoms with Gasteiger partial charge in [0, 0.05) is 24.6 Å². The molecule has 1 unspecified atom stereocenters. The third-order valence-corrected chi connectivity index (χ3v) is 5.46. The average Bonchev–Trinajstić information content (AvgIpc) is 3.22. The maximum atomic E-state index is 12.5. The number of hydrogen-bond acceptors (Lipinski definition) is 5.